The van der Waals surface area contributed by atoms with Crippen molar-refractivity contribution in [3.63, 3.8) is 0 Å². The van der Waals surface area contributed by atoms with Crippen LogP contribution in [0.5, 0.6) is 0 Å². The van der Waals surface area contributed by atoms with Gasteiger partial charge in [0.2, 0.25) is 0 Å². The largest absolute Gasteiger partial charge is 0.266 e. The first kappa shape index (κ1) is 14.5. The molecule has 5 nitrogen and oxygen atoms in total. The van der Waals surface area contributed by atoms with E-state index in [0.29, 0.717) is 12.1 Å². The molecule has 0 aliphatic carbocycles. The number of nitrogens with zero attached hydrogens (tertiary/aromatic N) is 2. The van der Waals surface area contributed by atoms with Crippen molar-refractivity contribution in [3.05, 3.63) is 47.1 Å². The van der Waals surface area contributed by atoms with Crippen LogP contribution >= 0.6 is 11.6 Å². The molecule has 1 heterocycles. The molecule has 0 amide bonds. The highest BCUT2D eigenvalue weighted by Gasteiger charge is 2.24. The Balaban J connectivity index is 2.44. The second kappa shape index (κ2) is 5.25. The average molecular weight is 324 g/mol. The predicted molar refractivity (Wildman–Crippen MR) is 64.2 cm³/mol. The van der Waals surface area contributed by atoms with Crippen LogP contribution in [-0.4, -0.2) is 18.4 Å². The monoisotopic (exact) mass is 323 g/mol. The summed E-state index contributed by atoms with van der Waals surface area (Å²) in [5, 5.41) is -0.101. The summed E-state index contributed by atoms with van der Waals surface area (Å²) in [6.07, 6.45) is 2.17. The fraction of sp³-hybridized carbons (Fsp3) is 0. The van der Waals surface area contributed by atoms with Gasteiger partial charge in [0.15, 0.2) is 23.3 Å². The molecule has 0 saturated carbocycles. The van der Waals surface area contributed by atoms with Gasteiger partial charge in [0, 0.05) is 0 Å². The molecule has 0 fully saturated rings. The van der Waals surface area contributed by atoms with Gasteiger partial charge in [0.25, 0.3) is 10.0 Å². The Morgan fingerprint density at radius 2 is 1.80 bits per heavy atom. The van der Waals surface area contributed by atoms with Crippen LogP contribution in [0.1, 0.15) is 0 Å². The van der Waals surface area contributed by atoms with Gasteiger partial charge in [-0.15, -0.1) is 0 Å². The van der Waals surface area contributed by atoms with Gasteiger partial charge in [-0.1, -0.05) is 11.6 Å². The molecule has 0 bridgehead atoms. The SMILES string of the molecule is O=S(=O)(Nc1cncc(Cl)n1)c1ccc(F)c(F)c1F. The van der Waals surface area contributed by atoms with Gasteiger partial charge >= 0.3 is 0 Å². The molecule has 0 saturated heterocycles. The molecule has 0 aliphatic heterocycles. The van der Waals surface area contributed by atoms with Crippen molar-refractivity contribution in [1.82, 2.24) is 9.97 Å². The van der Waals surface area contributed by atoms with Gasteiger partial charge in [-0.25, -0.2) is 26.6 Å². The number of hydrogen-bond acceptors (Lipinski definition) is 4. The number of halogens is 4. The van der Waals surface area contributed by atoms with Crippen molar-refractivity contribution in [3.8, 4) is 0 Å². The third-order valence-electron chi connectivity index (χ3n) is 2.13. The molecule has 10 heteroatoms. The van der Waals surface area contributed by atoms with Crippen LogP contribution in [0.25, 0.3) is 0 Å². The minimum absolute atomic E-state index is 0.101. The second-order valence-corrected chi connectivity index (χ2v) is 5.54. The van der Waals surface area contributed by atoms with Crippen molar-refractivity contribution in [1.29, 1.82) is 0 Å². The van der Waals surface area contributed by atoms with E-state index < -0.39 is 32.4 Å². The average Bonchev–Trinajstić information content (AvgIpc) is 2.35. The molecule has 0 atom stereocenters. The van der Waals surface area contributed by atoms with Gasteiger partial charge in [0.05, 0.1) is 12.4 Å². The zero-order valence-electron chi connectivity index (χ0n) is 9.44. The summed E-state index contributed by atoms with van der Waals surface area (Å²) in [5.41, 5.74) is 0. The van der Waals surface area contributed by atoms with Gasteiger partial charge < -0.3 is 0 Å². The third kappa shape index (κ3) is 2.83. The van der Waals surface area contributed by atoms with Crippen molar-refractivity contribution < 1.29 is 21.6 Å². The third-order valence-corrected chi connectivity index (χ3v) is 3.69. The summed E-state index contributed by atoms with van der Waals surface area (Å²) in [6.45, 7) is 0. The first-order valence-electron chi connectivity index (χ1n) is 4.95. The first-order chi connectivity index (χ1) is 9.31. The van der Waals surface area contributed by atoms with Crippen molar-refractivity contribution >= 4 is 27.4 Å². The highest BCUT2D eigenvalue weighted by Crippen LogP contribution is 2.21. The highest BCUT2D eigenvalue weighted by atomic mass is 35.5. The van der Waals surface area contributed by atoms with E-state index >= 15 is 0 Å². The lowest BCUT2D eigenvalue weighted by Gasteiger charge is -2.08. The molecule has 0 spiro atoms. The Bertz CT molecular complexity index is 770. The normalized spacial score (nSPS) is 11.4. The Hall–Kier alpha value is -1.87. The first-order valence-corrected chi connectivity index (χ1v) is 6.81. The predicted octanol–water partition coefficient (Wildman–Crippen LogP) is 2.35. The van der Waals surface area contributed by atoms with E-state index in [1.807, 2.05) is 4.72 Å². The minimum atomic E-state index is -4.49. The summed E-state index contributed by atoms with van der Waals surface area (Å²) >= 11 is 5.50. The fourth-order valence-electron chi connectivity index (χ4n) is 1.30. The van der Waals surface area contributed by atoms with Crippen LogP contribution in [0.3, 0.4) is 0 Å². The summed E-state index contributed by atoms with van der Waals surface area (Å²) in [4.78, 5) is 6.09. The lowest BCUT2D eigenvalue weighted by Crippen LogP contribution is -2.16. The molecule has 1 N–H and O–H groups in total. The number of nitrogens with one attached hydrogen (secondary N) is 1. The Kier molecular flexibility index (Phi) is 3.82. The molecule has 0 radical (unpaired) electrons. The number of hydrogen-bond donors (Lipinski definition) is 1. The Morgan fingerprint density at radius 3 is 2.45 bits per heavy atom. The molecule has 0 unspecified atom stereocenters. The van der Waals surface area contributed by atoms with Crippen LogP contribution in [0.4, 0.5) is 19.0 Å². The number of sulfonamides is 1. The van der Waals surface area contributed by atoms with E-state index in [4.69, 9.17) is 11.6 Å². The van der Waals surface area contributed by atoms with Crippen LogP contribution in [-0.2, 0) is 10.0 Å². The summed E-state index contributed by atoms with van der Waals surface area (Å²) in [7, 11) is -4.49. The molecular weight excluding hydrogens is 319 g/mol. The Morgan fingerprint density at radius 1 is 1.10 bits per heavy atom. The van der Waals surface area contributed by atoms with Crippen LogP contribution in [0.15, 0.2) is 29.4 Å². The second-order valence-electron chi connectivity index (χ2n) is 3.51. The molecule has 1 aromatic heterocycles. The lowest BCUT2D eigenvalue weighted by molar-refractivity contribution is 0.432. The topological polar surface area (TPSA) is 72.0 Å². The molecule has 20 heavy (non-hydrogen) atoms. The van der Waals surface area contributed by atoms with E-state index in [1.165, 1.54) is 0 Å². The van der Waals surface area contributed by atoms with E-state index in [0.717, 1.165) is 12.4 Å². The maximum Gasteiger partial charge on any atom is 0.266 e. The number of benzene rings is 1. The molecular formula is C10H5ClF3N3O2S. The van der Waals surface area contributed by atoms with Crippen molar-refractivity contribution in [2.45, 2.75) is 4.90 Å². The van der Waals surface area contributed by atoms with Crippen molar-refractivity contribution in [2.75, 3.05) is 4.72 Å². The van der Waals surface area contributed by atoms with Crippen LogP contribution in [0.2, 0.25) is 5.15 Å². The number of rotatable bonds is 3. The van der Waals surface area contributed by atoms with E-state index in [-0.39, 0.29) is 11.0 Å². The van der Waals surface area contributed by atoms with Crippen molar-refractivity contribution in [2.24, 2.45) is 0 Å². The molecule has 1 aromatic carbocycles. The lowest BCUT2D eigenvalue weighted by atomic mass is 10.3. The zero-order chi connectivity index (χ0) is 14.9. The van der Waals surface area contributed by atoms with Gasteiger partial charge in [-0.05, 0) is 12.1 Å². The summed E-state index contributed by atoms with van der Waals surface area (Å²) < 4.78 is 64.8. The minimum Gasteiger partial charge on any atom is -0.262 e. The zero-order valence-corrected chi connectivity index (χ0v) is 11.0. The standard InChI is InChI=1S/C10H5ClF3N3O2S/c11-7-3-15-4-8(16-7)17-20(18,19)6-2-1-5(12)9(13)10(6)14/h1-4H,(H,16,17). The molecule has 106 valence electrons. The summed E-state index contributed by atoms with van der Waals surface area (Å²) in [6, 6.07) is 1.09. The maximum absolute atomic E-state index is 13.4. The van der Waals surface area contributed by atoms with E-state index in [1.54, 1.807) is 0 Å². The van der Waals surface area contributed by atoms with E-state index in [2.05, 4.69) is 9.97 Å². The molecule has 2 rings (SSSR count). The van der Waals surface area contributed by atoms with Gasteiger partial charge in [-0.2, -0.15) is 0 Å². The Labute approximate surface area is 116 Å². The maximum atomic E-state index is 13.4. The quantitative estimate of drug-likeness (QED) is 0.880. The molecule has 2 aromatic rings. The smallest absolute Gasteiger partial charge is 0.262 e. The molecule has 0 aliphatic rings. The highest BCUT2D eigenvalue weighted by molar-refractivity contribution is 7.92. The van der Waals surface area contributed by atoms with Gasteiger partial charge in [-0.3, -0.25) is 9.71 Å². The van der Waals surface area contributed by atoms with Gasteiger partial charge in [0.1, 0.15) is 10.0 Å². The number of aromatic nitrogens is 2. The summed E-state index contributed by atoms with van der Waals surface area (Å²) in [5.74, 6) is -5.50. The fourth-order valence-corrected chi connectivity index (χ4v) is 2.50. The number of anilines is 1. The van der Waals surface area contributed by atoms with Crippen LogP contribution in [0, 0.1) is 17.5 Å². The van der Waals surface area contributed by atoms with Crippen LogP contribution < -0.4 is 4.72 Å². The van der Waals surface area contributed by atoms with E-state index in [9.17, 15) is 21.6 Å².